The van der Waals surface area contributed by atoms with Crippen LogP contribution in [0.2, 0.25) is 0 Å². The third-order valence-corrected chi connectivity index (χ3v) is 2.90. The molecule has 0 aliphatic carbocycles. The smallest absolute Gasteiger partial charge is 0.323 e. The number of hydrogen-bond acceptors (Lipinski definition) is 4. The zero-order valence-corrected chi connectivity index (χ0v) is 12.4. The molecule has 1 rings (SSSR count). The molecular formula is C15H20N2O5. The van der Waals surface area contributed by atoms with Gasteiger partial charge < -0.3 is 20.5 Å². The zero-order valence-electron chi connectivity index (χ0n) is 12.4. The second kappa shape index (κ2) is 8.66. The van der Waals surface area contributed by atoms with E-state index in [9.17, 15) is 14.4 Å². The number of carboxylic acids is 1. The van der Waals surface area contributed by atoms with Crippen molar-refractivity contribution in [1.29, 1.82) is 0 Å². The van der Waals surface area contributed by atoms with Crippen LogP contribution in [0, 0.1) is 0 Å². The molecule has 0 unspecified atom stereocenters. The second-order valence-corrected chi connectivity index (χ2v) is 4.70. The molecule has 0 radical (unpaired) electrons. The molecule has 0 fully saturated rings. The first-order valence-electron chi connectivity index (χ1n) is 6.96. The quantitative estimate of drug-likeness (QED) is 0.703. The van der Waals surface area contributed by atoms with Crippen molar-refractivity contribution < 1.29 is 24.2 Å². The van der Waals surface area contributed by atoms with E-state index >= 15 is 0 Å². The standard InChI is InChI=1S/C15H20N2O5/c1-2-8-17(10-14(19)20)13(18)7-9-22-12-5-3-11(4-6-12)15(16)21/h3-6H,2,7-10H2,1H3,(H2,16,21)(H,19,20). The molecule has 7 nitrogen and oxygen atoms in total. The number of aliphatic carboxylic acids is 1. The third kappa shape index (κ3) is 5.82. The first-order chi connectivity index (χ1) is 10.4. The van der Waals surface area contributed by atoms with Crippen LogP contribution >= 0.6 is 0 Å². The van der Waals surface area contributed by atoms with Gasteiger partial charge in [-0.3, -0.25) is 14.4 Å². The van der Waals surface area contributed by atoms with Gasteiger partial charge in [-0.15, -0.1) is 0 Å². The fourth-order valence-electron chi connectivity index (χ4n) is 1.85. The van der Waals surface area contributed by atoms with Crippen molar-refractivity contribution in [2.75, 3.05) is 19.7 Å². The summed E-state index contributed by atoms with van der Waals surface area (Å²) in [6.45, 7) is 2.10. The van der Waals surface area contributed by atoms with E-state index < -0.39 is 11.9 Å². The predicted molar refractivity (Wildman–Crippen MR) is 79.6 cm³/mol. The van der Waals surface area contributed by atoms with Crippen LogP contribution < -0.4 is 10.5 Å². The number of carbonyl (C=O) groups excluding carboxylic acids is 2. The summed E-state index contributed by atoms with van der Waals surface area (Å²) in [5.74, 6) is -1.31. The number of carbonyl (C=O) groups is 3. The lowest BCUT2D eigenvalue weighted by Crippen LogP contribution is -2.36. The van der Waals surface area contributed by atoms with Crippen molar-refractivity contribution >= 4 is 17.8 Å². The van der Waals surface area contributed by atoms with Crippen LogP contribution in [0.5, 0.6) is 5.75 Å². The van der Waals surface area contributed by atoms with Gasteiger partial charge in [0.05, 0.1) is 13.0 Å². The number of ether oxygens (including phenoxy) is 1. The van der Waals surface area contributed by atoms with Gasteiger partial charge in [0.25, 0.3) is 0 Å². The number of nitrogens with zero attached hydrogens (tertiary/aromatic N) is 1. The lowest BCUT2D eigenvalue weighted by atomic mass is 10.2. The maximum atomic E-state index is 11.9. The zero-order chi connectivity index (χ0) is 16.5. The number of benzene rings is 1. The van der Waals surface area contributed by atoms with Crippen LogP contribution in [0.1, 0.15) is 30.1 Å². The van der Waals surface area contributed by atoms with E-state index in [0.29, 0.717) is 24.3 Å². The van der Waals surface area contributed by atoms with E-state index in [4.69, 9.17) is 15.6 Å². The van der Waals surface area contributed by atoms with Gasteiger partial charge in [-0.25, -0.2) is 0 Å². The first kappa shape index (κ1) is 17.5. The maximum absolute atomic E-state index is 11.9. The Labute approximate surface area is 128 Å². The van der Waals surface area contributed by atoms with Crippen molar-refractivity contribution in [3.63, 3.8) is 0 Å². The van der Waals surface area contributed by atoms with Crippen molar-refractivity contribution in [2.45, 2.75) is 19.8 Å². The van der Waals surface area contributed by atoms with Gasteiger partial charge in [0.2, 0.25) is 11.8 Å². The van der Waals surface area contributed by atoms with E-state index in [2.05, 4.69) is 0 Å². The minimum atomic E-state index is -1.04. The second-order valence-electron chi connectivity index (χ2n) is 4.70. The van der Waals surface area contributed by atoms with Crippen LogP contribution in [0.3, 0.4) is 0 Å². The number of amides is 2. The molecule has 0 saturated carbocycles. The highest BCUT2D eigenvalue weighted by atomic mass is 16.5. The molecule has 3 N–H and O–H groups in total. The van der Waals surface area contributed by atoms with Crippen LogP contribution in [0.4, 0.5) is 0 Å². The topological polar surface area (TPSA) is 110 Å². The monoisotopic (exact) mass is 308 g/mol. The summed E-state index contributed by atoms with van der Waals surface area (Å²) < 4.78 is 5.40. The molecule has 0 aliphatic heterocycles. The number of carboxylic acid groups (broad SMARTS) is 1. The van der Waals surface area contributed by atoms with E-state index in [1.807, 2.05) is 6.92 Å². The van der Waals surface area contributed by atoms with Crippen LogP contribution in [-0.2, 0) is 9.59 Å². The molecule has 1 aromatic carbocycles. The molecular weight excluding hydrogens is 288 g/mol. The van der Waals surface area contributed by atoms with Crippen LogP contribution in [0.25, 0.3) is 0 Å². The van der Waals surface area contributed by atoms with Gasteiger partial charge in [-0.05, 0) is 30.7 Å². The number of hydrogen-bond donors (Lipinski definition) is 2. The molecule has 0 heterocycles. The molecule has 7 heteroatoms. The van der Waals surface area contributed by atoms with Crippen molar-refractivity contribution in [1.82, 2.24) is 4.90 Å². The Morgan fingerprint density at radius 2 is 1.86 bits per heavy atom. The van der Waals surface area contributed by atoms with Crippen molar-refractivity contribution in [3.8, 4) is 5.75 Å². The molecule has 1 aromatic rings. The molecule has 2 amide bonds. The minimum Gasteiger partial charge on any atom is -0.493 e. The largest absolute Gasteiger partial charge is 0.493 e. The Bertz CT molecular complexity index is 527. The Kier molecular flexibility index (Phi) is 6.88. The Morgan fingerprint density at radius 3 is 2.36 bits per heavy atom. The summed E-state index contributed by atoms with van der Waals surface area (Å²) in [7, 11) is 0. The summed E-state index contributed by atoms with van der Waals surface area (Å²) in [6, 6.07) is 6.25. The van der Waals surface area contributed by atoms with Crippen molar-refractivity contribution in [3.05, 3.63) is 29.8 Å². The maximum Gasteiger partial charge on any atom is 0.323 e. The minimum absolute atomic E-state index is 0.0881. The average molecular weight is 308 g/mol. The third-order valence-electron chi connectivity index (χ3n) is 2.90. The van der Waals surface area contributed by atoms with Crippen LogP contribution in [0.15, 0.2) is 24.3 Å². The van der Waals surface area contributed by atoms with Crippen molar-refractivity contribution in [2.24, 2.45) is 5.73 Å². The summed E-state index contributed by atoms with van der Waals surface area (Å²) in [5, 5.41) is 8.77. The van der Waals surface area contributed by atoms with E-state index in [0.717, 1.165) is 0 Å². The van der Waals surface area contributed by atoms with E-state index in [-0.39, 0.29) is 25.5 Å². The fraction of sp³-hybridized carbons (Fsp3) is 0.400. The molecule has 0 aliphatic rings. The fourth-order valence-corrected chi connectivity index (χ4v) is 1.85. The normalized spacial score (nSPS) is 10.0. The lowest BCUT2D eigenvalue weighted by molar-refractivity contribution is -0.144. The van der Waals surface area contributed by atoms with Crippen LogP contribution in [-0.4, -0.2) is 47.5 Å². The molecule has 120 valence electrons. The van der Waals surface area contributed by atoms with E-state index in [1.165, 1.54) is 17.0 Å². The molecule has 22 heavy (non-hydrogen) atoms. The molecule has 0 spiro atoms. The molecule has 0 bridgehead atoms. The Morgan fingerprint density at radius 1 is 1.23 bits per heavy atom. The highest BCUT2D eigenvalue weighted by Gasteiger charge is 2.15. The molecule has 0 saturated heterocycles. The molecule has 0 aromatic heterocycles. The van der Waals surface area contributed by atoms with E-state index in [1.54, 1.807) is 12.1 Å². The van der Waals surface area contributed by atoms with Gasteiger partial charge in [-0.1, -0.05) is 6.92 Å². The summed E-state index contributed by atoms with van der Waals surface area (Å²) in [5.41, 5.74) is 5.50. The highest BCUT2D eigenvalue weighted by molar-refractivity contribution is 5.92. The Hall–Kier alpha value is -2.57. The first-order valence-corrected chi connectivity index (χ1v) is 6.96. The Balaban J connectivity index is 2.45. The number of rotatable bonds is 9. The SMILES string of the molecule is CCCN(CC(=O)O)C(=O)CCOc1ccc(C(N)=O)cc1. The highest BCUT2D eigenvalue weighted by Crippen LogP contribution is 2.12. The van der Waals surface area contributed by atoms with Gasteiger partial charge in [0.15, 0.2) is 0 Å². The number of primary amides is 1. The number of nitrogens with two attached hydrogens (primary N) is 1. The van der Waals surface area contributed by atoms with Gasteiger partial charge in [-0.2, -0.15) is 0 Å². The molecule has 0 atom stereocenters. The average Bonchev–Trinajstić information content (AvgIpc) is 2.46. The lowest BCUT2D eigenvalue weighted by Gasteiger charge is -2.19. The van der Waals surface area contributed by atoms with Gasteiger partial charge in [0.1, 0.15) is 12.3 Å². The predicted octanol–water partition coefficient (Wildman–Crippen LogP) is 0.878. The summed E-state index contributed by atoms with van der Waals surface area (Å²) in [6.07, 6.45) is 0.777. The summed E-state index contributed by atoms with van der Waals surface area (Å²) >= 11 is 0. The summed E-state index contributed by atoms with van der Waals surface area (Å²) in [4.78, 5) is 34.8. The van der Waals surface area contributed by atoms with Gasteiger partial charge in [0, 0.05) is 12.1 Å². The van der Waals surface area contributed by atoms with Gasteiger partial charge >= 0.3 is 5.97 Å².